The van der Waals surface area contributed by atoms with Crippen LogP contribution in [-0.4, -0.2) is 47.0 Å². The molecule has 2 amide bonds. The Labute approximate surface area is 128 Å². The van der Waals surface area contributed by atoms with E-state index in [1.165, 1.54) is 0 Å². The number of nitrogens with one attached hydrogen (secondary N) is 1. The molecule has 0 atom stereocenters. The summed E-state index contributed by atoms with van der Waals surface area (Å²) in [6.07, 6.45) is 0. The molecule has 1 fully saturated rings. The second-order valence-electron chi connectivity index (χ2n) is 6.49. The molecule has 1 aliphatic heterocycles. The Balaban J connectivity index is 1.88. The van der Waals surface area contributed by atoms with Crippen molar-refractivity contribution in [2.75, 3.05) is 18.4 Å². The molecule has 0 spiro atoms. The Morgan fingerprint density at radius 3 is 2.38 bits per heavy atom. The molecule has 1 aromatic rings. The molecule has 21 heavy (non-hydrogen) atoms. The van der Waals surface area contributed by atoms with Gasteiger partial charge in [0.05, 0.1) is 0 Å². The maximum atomic E-state index is 12.2. The van der Waals surface area contributed by atoms with Crippen molar-refractivity contribution in [3.8, 4) is 0 Å². The molecule has 2 rings (SSSR count). The second kappa shape index (κ2) is 6.48. The highest BCUT2D eigenvalue weighted by molar-refractivity contribution is 5.90. The Bertz CT molecular complexity index is 485. The van der Waals surface area contributed by atoms with Gasteiger partial charge in [0.25, 0.3) is 0 Å². The van der Waals surface area contributed by atoms with Crippen molar-refractivity contribution in [1.29, 1.82) is 0 Å². The molecule has 0 radical (unpaired) electrons. The van der Waals surface area contributed by atoms with Crippen molar-refractivity contribution in [1.82, 2.24) is 9.80 Å². The monoisotopic (exact) mass is 289 g/mol. The van der Waals surface area contributed by atoms with Gasteiger partial charge in [-0.2, -0.15) is 0 Å². The van der Waals surface area contributed by atoms with Crippen LogP contribution in [0.25, 0.3) is 0 Å². The Morgan fingerprint density at radius 2 is 1.86 bits per heavy atom. The van der Waals surface area contributed by atoms with Crippen LogP contribution in [0.5, 0.6) is 0 Å². The highest BCUT2D eigenvalue weighted by Gasteiger charge is 2.36. The SMILES string of the molecule is Cc1cccc(NC(=O)N2CC(N(C(C)C)C(C)C)C2)c1. The average Bonchev–Trinajstić information content (AvgIpc) is 2.31. The number of likely N-dealkylation sites (tertiary alicyclic amines) is 1. The fraction of sp³-hybridized carbons (Fsp3) is 0.588. The standard InChI is InChI=1S/C17H27N3O/c1-12(2)20(13(3)4)16-10-19(11-16)17(21)18-15-8-6-7-14(5)9-15/h6-9,12-13,16H,10-11H2,1-5H3,(H,18,21). The summed E-state index contributed by atoms with van der Waals surface area (Å²) < 4.78 is 0. The number of carbonyl (C=O) groups is 1. The molecule has 0 unspecified atom stereocenters. The first-order valence-electron chi connectivity index (χ1n) is 7.78. The maximum Gasteiger partial charge on any atom is 0.321 e. The Kier molecular flexibility index (Phi) is 4.88. The third kappa shape index (κ3) is 3.76. The van der Waals surface area contributed by atoms with Gasteiger partial charge < -0.3 is 10.2 Å². The van der Waals surface area contributed by atoms with E-state index >= 15 is 0 Å². The van der Waals surface area contributed by atoms with Crippen LogP contribution in [0.15, 0.2) is 24.3 Å². The molecule has 116 valence electrons. The summed E-state index contributed by atoms with van der Waals surface area (Å²) in [7, 11) is 0. The van der Waals surface area contributed by atoms with Crippen LogP contribution in [0.4, 0.5) is 10.5 Å². The first-order chi connectivity index (χ1) is 9.88. The number of anilines is 1. The molecular formula is C17H27N3O. The van der Waals surface area contributed by atoms with E-state index in [1.807, 2.05) is 36.1 Å². The topological polar surface area (TPSA) is 35.6 Å². The van der Waals surface area contributed by atoms with Crippen molar-refractivity contribution < 1.29 is 4.79 Å². The van der Waals surface area contributed by atoms with Gasteiger partial charge in [0.15, 0.2) is 0 Å². The number of hydrogen-bond donors (Lipinski definition) is 1. The van der Waals surface area contributed by atoms with Crippen LogP contribution in [0, 0.1) is 6.92 Å². The molecule has 0 saturated carbocycles. The van der Waals surface area contributed by atoms with Crippen LogP contribution in [0.1, 0.15) is 33.3 Å². The zero-order chi connectivity index (χ0) is 15.6. The molecule has 1 saturated heterocycles. The minimum Gasteiger partial charge on any atom is -0.321 e. The number of aryl methyl sites for hydroxylation is 1. The summed E-state index contributed by atoms with van der Waals surface area (Å²) in [4.78, 5) is 16.6. The highest BCUT2D eigenvalue weighted by Crippen LogP contribution is 2.21. The Hall–Kier alpha value is -1.55. The summed E-state index contributed by atoms with van der Waals surface area (Å²) in [5.74, 6) is 0. The predicted octanol–water partition coefficient (Wildman–Crippen LogP) is 3.33. The van der Waals surface area contributed by atoms with E-state index in [-0.39, 0.29) is 6.03 Å². The maximum absolute atomic E-state index is 12.2. The third-order valence-electron chi connectivity index (χ3n) is 4.03. The van der Waals surface area contributed by atoms with Crippen LogP contribution >= 0.6 is 0 Å². The number of benzene rings is 1. The largest absolute Gasteiger partial charge is 0.321 e. The van der Waals surface area contributed by atoms with E-state index in [9.17, 15) is 4.79 Å². The van der Waals surface area contributed by atoms with Crippen molar-refractivity contribution in [3.63, 3.8) is 0 Å². The second-order valence-corrected chi connectivity index (χ2v) is 6.49. The summed E-state index contributed by atoms with van der Waals surface area (Å²) in [5.41, 5.74) is 2.02. The summed E-state index contributed by atoms with van der Waals surface area (Å²) in [6.45, 7) is 12.5. The molecule has 0 aliphatic carbocycles. The number of nitrogens with zero attached hydrogens (tertiary/aromatic N) is 2. The zero-order valence-corrected chi connectivity index (χ0v) is 13.8. The molecule has 1 aliphatic rings. The van der Waals surface area contributed by atoms with Gasteiger partial charge >= 0.3 is 6.03 Å². The van der Waals surface area contributed by atoms with E-state index in [0.29, 0.717) is 18.1 Å². The first-order valence-corrected chi connectivity index (χ1v) is 7.78. The van der Waals surface area contributed by atoms with Gasteiger partial charge in [-0.25, -0.2) is 4.79 Å². The number of amides is 2. The smallest absolute Gasteiger partial charge is 0.321 e. The van der Waals surface area contributed by atoms with Crippen molar-refractivity contribution in [3.05, 3.63) is 29.8 Å². The molecule has 1 aromatic carbocycles. The first kappa shape index (κ1) is 15.8. The van der Waals surface area contributed by atoms with Gasteiger partial charge in [-0.3, -0.25) is 4.90 Å². The fourth-order valence-corrected chi connectivity index (χ4v) is 3.17. The van der Waals surface area contributed by atoms with Crippen LogP contribution in [0.3, 0.4) is 0 Å². The minimum absolute atomic E-state index is 0.00399. The lowest BCUT2D eigenvalue weighted by Crippen LogP contribution is -2.64. The number of urea groups is 1. The van der Waals surface area contributed by atoms with Gasteiger partial charge in [-0.05, 0) is 52.3 Å². The lowest BCUT2D eigenvalue weighted by molar-refractivity contribution is 0.0202. The van der Waals surface area contributed by atoms with Crippen LogP contribution in [0.2, 0.25) is 0 Å². The van der Waals surface area contributed by atoms with E-state index in [4.69, 9.17) is 0 Å². The molecule has 4 nitrogen and oxygen atoms in total. The van der Waals surface area contributed by atoms with E-state index in [2.05, 4.69) is 37.9 Å². The lowest BCUT2D eigenvalue weighted by Gasteiger charge is -2.48. The molecule has 1 N–H and O–H groups in total. The predicted molar refractivity (Wildman–Crippen MR) is 87.7 cm³/mol. The molecule has 4 heteroatoms. The van der Waals surface area contributed by atoms with Crippen molar-refractivity contribution in [2.45, 2.75) is 52.7 Å². The van der Waals surface area contributed by atoms with Gasteiger partial charge in [0.1, 0.15) is 0 Å². The highest BCUT2D eigenvalue weighted by atomic mass is 16.2. The Morgan fingerprint density at radius 1 is 1.24 bits per heavy atom. The van der Waals surface area contributed by atoms with Gasteiger partial charge in [-0.1, -0.05) is 12.1 Å². The normalized spacial score (nSPS) is 15.7. The van der Waals surface area contributed by atoms with E-state index < -0.39 is 0 Å². The van der Waals surface area contributed by atoms with E-state index in [1.54, 1.807) is 0 Å². The summed E-state index contributed by atoms with van der Waals surface area (Å²) in [5, 5.41) is 2.97. The van der Waals surface area contributed by atoms with Crippen molar-refractivity contribution in [2.24, 2.45) is 0 Å². The number of hydrogen-bond acceptors (Lipinski definition) is 2. The van der Waals surface area contributed by atoms with Gasteiger partial charge in [-0.15, -0.1) is 0 Å². The molecule has 1 heterocycles. The summed E-state index contributed by atoms with van der Waals surface area (Å²) in [6, 6.07) is 9.41. The number of carbonyl (C=O) groups excluding carboxylic acids is 1. The van der Waals surface area contributed by atoms with Gasteiger partial charge in [0.2, 0.25) is 0 Å². The zero-order valence-electron chi connectivity index (χ0n) is 13.8. The third-order valence-corrected chi connectivity index (χ3v) is 4.03. The van der Waals surface area contributed by atoms with Crippen LogP contribution in [-0.2, 0) is 0 Å². The van der Waals surface area contributed by atoms with Crippen molar-refractivity contribution >= 4 is 11.7 Å². The fourth-order valence-electron chi connectivity index (χ4n) is 3.17. The van der Waals surface area contributed by atoms with Gasteiger partial charge in [0, 0.05) is 36.9 Å². The molecule has 0 bridgehead atoms. The lowest BCUT2D eigenvalue weighted by atomic mass is 10.0. The molecular weight excluding hydrogens is 262 g/mol. The quantitative estimate of drug-likeness (QED) is 0.923. The summed E-state index contributed by atoms with van der Waals surface area (Å²) >= 11 is 0. The molecule has 0 aromatic heterocycles. The van der Waals surface area contributed by atoms with Crippen LogP contribution < -0.4 is 5.32 Å². The minimum atomic E-state index is 0.00399. The van der Waals surface area contributed by atoms with E-state index in [0.717, 1.165) is 24.3 Å². The average molecular weight is 289 g/mol. The number of rotatable bonds is 4.